The predicted octanol–water partition coefficient (Wildman–Crippen LogP) is 7.36. The molecule has 0 bridgehead atoms. The zero-order chi connectivity index (χ0) is 23.7. The van der Waals surface area contributed by atoms with Gasteiger partial charge in [0.15, 0.2) is 0 Å². The highest BCUT2D eigenvalue weighted by Crippen LogP contribution is 2.30. The number of halogens is 2. The number of hydrogen-bond acceptors (Lipinski definition) is 3. The summed E-state index contributed by atoms with van der Waals surface area (Å²) in [6, 6.07) is 28.2. The van der Waals surface area contributed by atoms with Crippen LogP contribution in [0, 0.1) is 0 Å². The quantitative estimate of drug-likeness (QED) is 0.263. The standard InChI is InChI=1S/C28H24Cl2N4/c1-18(2)32-25-16-28-26(15-24(25)31-17-19-7-9-20(29)10-8-19)33-23-5-3-4-6-27(23)34(28)22-13-11-21(30)12-14-22/h3-16,18,31H,17H2,1-2H3. The number of rotatable bonds is 5. The fraction of sp³-hybridized carbons (Fsp3) is 0.143. The summed E-state index contributed by atoms with van der Waals surface area (Å²) >= 11 is 12.2. The van der Waals surface area contributed by atoms with Crippen LogP contribution >= 0.6 is 23.2 Å². The zero-order valence-corrected chi connectivity index (χ0v) is 20.5. The molecule has 0 unspecified atom stereocenters. The molecule has 0 saturated heterocycles. The summed E-state index contributed by atoms with van der Waals surface area (Å²) in [5, 5.41) is 5.89. The first-order chi connectivity index (χ1) is 16.5. The van der Waals surface area contributed by atoms with E-state index in [4.69, 9.17) is 33.2 Å². The van der Waals surface area contributed by atoms with Crippen molar-refractivity contribution in [2.75, 3.05) is 5.32 Å². The van der Waals surface area contributed by atoms with Crippen LogP contribution < -0.4 is 10.7 Å². The Morgan fingerprint density at radius 3 is 2.26 bits per heavy atom. The average Bonchev–Trinajstić information content (AvgIpc) is 2.83. The fourth-order valence-electron chi connectivity index (χ4n) is 4.04. The molecule has 0 aromatic heterocycles. The van der Waals surface area contributed by atoms with Crippen molar-refractivity contribution in [3.8, 4) is 17.1 Å². The Bertz CT molecular complexity index is 1490. The van der Waals surface area contributed by atoms with Gasteiger partial charge in [-0.15, -0.1) is 0 Å². The molecule has 34 heavy (non-hydrogen) atoms. The molecule has 1 heterocycles. The van der Waals surface area contributed by atoms with Gasteiger partial charge in [0.2, 0.25) is 0 Å². The largest absolute Gasteiger partial charge is 0.379 e. The number of fused-ring (bicyclic) bond motifs is 2. The van der Waals surface area contributed by atoms with Gasteiger partial charge in [0.05, 0.1) is 33.5 Å². The minimum atomic E-state index is 0.144. The van der Waals surface area contributed by atoms with Crippen molar-refractivity contribution in [3.05, 3.63) is 106 Å². The van der Waals surface area contributed by atoms with Gasteiger partial charge in [-0.1, -0.05) is 47.5 Å². The zero-order valence-electron chi connectivity index (χ0n) is 19.0. The number of hydrogen-bond donors (Lipinski definition) is 1. The van der Waals surface area contributed by atoms with Crippen LogP contribution in [0.2, 0.25) is 10.0 Å². The maximum Gasteiger partial charge on any atom is 0.0900 e. The number of nitrogens with zero attached hydrogens (tertiary/aromatic N) is 3. The van der Waals surface area contributed by atoms with Crippen molar-refractivity contribution in [2.24, 2.45) is 4.99 Å². The molecule has 0 saturated carbocycles. The molecular weight excluding hydrogens is 463 g/mol. The van der Waals surface area contributed by atoms with E-state index in [0.717, 1.165) is 49.7 Å². The Kier molecular flexibility index (Phi) is 6.27. The molecule has 1 aliphatic heterocycles. The van der Waals surface area contributed by atoms with Crippen LogP contribution in [-0.2, 0) is 6.54 Å². The first kappa shape index (κ1) is 22.5. The van der Waals surface area contributed by atoms with Crippen molar-refractivity contribution in [3.63, 3.8) is 0 Å². The number of benzene rings is 4. The molecule has 6 heteroatoms. The van der Waals surface area contributed by atoms with Crippen molar-refractivity contribution in [1.29, 1.82) is 0 Å². The van der Waals surface area contributed by atoms with Crippen molar-refractivity contribution < 1.29 is 0 Å². The van der Waals surface area contributed by atoms with E-state index in [9.17, 15) is 0 Å². The molecule has 4 nitrogen and oxygen atoms in total. The summed E-state index contributed by atoms with van der Waals surface area (Å²) in [6.07, 6.45) is 0. The number of anilines is 1. The molecule has 170 valence electrons. The smallest absolute Gasteiger partial charge is 0.0900 e. The summed E-state index contributed by atoms with van der Waals surface area (Å²) in [7, 11) is 0. The minimum absolute atomic E-state index is 0.144. The van der Waals surface area contributed by atoms with E-state index >= 15 is 0 Å². The van der Waals surface area contributed by atoms with Gasteiger partial charge in [-0.25, -0.2) is 4.98 Å². The van der Waals surface area contributed by atoms with Gasteiger partial charge in [-0.2, -0.15) is 0 Å². The minimum Gasteiger partial charge on any atom is -0.379 e. The van der Waals surface area contributed by atoms with Gasteiger partial charge >= 0.3 is 0 Å². The molecule has 2 aliphatic rings. The lowest BCUT2D eigenvalue weighted by molar-refractivity contribution is 0.805. The number of nitrogens with one attached hydrogen (secondary N) is 1. The van der Waals surface area contributed by atoms with E-state index in [2.05, 4.69) is 41.9 Å². The van der Waals surface area contributed by atoms with Crippen LogP contribution in [0.3, 0.4) is 0 Å². The summed E-state index contributed by atoms with van der Waals surface area (Å²) in [6.45, 7) is 4.83. The molecular formula is C28H24Cl2N4. The van der Waals surface area contributed by atoms with Crippen molar-refractivity contribution >= 4 is 39.9 Å². The van der Waals surface area contributed by atoms with Crippen LogP contribution in [0.25, 0.3) is 28.1 Å². The SMILES string of the molecule is CC(C)N=c1cc2n(-c3ccc(Cl)cc3)c3ccccc3nc-2cc1NCc1ccc(Cl)cc1. The lowest BCUT2D eigenvalue weighted by Crippen LogP contribution is -2.18. The topological polar surface area (TPSA) is 42.2 Å². The highest BCUT2D eigenvalue weighted by molar-refractivity contribution is 6.30. The summed E-state index contributed by atoms with van der Waals surface area (Å²) < 4.78 is 2.22. The highest BCUT2D eigenvalue weighted by atomic mass is 35.5. The van der Waals surface area contributed by atoms with Gasteiger partial charge < -0.3 is 9.88 Å². The van der Waals surface area contributed by atoms with Gasteiger partial charge in [0.1, 0.15) is 0 Å². The van der Waals surface area contributed by atoms with Crippen LogP contribution in [0.15, 0.2) is 89.9 Å². The maximum atomic E-state index is 6.18. The Morgan fingerprint density at radius 1 is 0.882 bits per heavy atom. The van der Waals surface area contributed by atoms with E-state index in [1.807, 2.05) is 66.7 Å². The highest BCUT2D eigenvalue weighted by Gasteiger charge is 2.16. The monoisotopic (exact) mass is 486 g/mol. The third-order valence-corrected chi connectivity index (χ3v) is 6.08. The van der Waals surface area contributed by atoms with Crippen LogP contribution in [0.4, 0.5) is 5.69 Å². The predicted molar refractivity (Wildman–Crippen MR) is 142 cm³/mol. The second-order valence-corrected chi connectivity index (χ2v) is 9.35. The van der Waals surface area contributed by atoms with Gasteiger partial charge in [-0.3, -0.25) is 4.99 Å². The Morgan fingerprint density at radius 2 is 1.56 bits per heavy atom. The Balaban J connectivity index is 1.71. The van der Waals surface area contributed by atoms with Gasteiger partial charge in [0.25, 0.3) is 0 Å². The van der Waals surface area contributed by atoms with Gasteiger partial charge in [-0.05, 0) is 80.1 Å². The van der Waals surface area contributed by atoms with Crippen LogP contribution in [0.5, 0.6) is 0 Å². The third-order valence-electron chi connectivity index (χ3n) is 5.58. The summed E-state index contributed by atoms with van der Waals surface area (Å²) in [5.41, 5.74) is 6.92. The van der Waals surface area contributed by atoms with Crippen molar-refractivity contribution in [2.45, 2.75) is 26.4 Å². The summed E-state index contributed by atoms with van der Waals surface area (Å²) in [5.74, 6) is 0. The molecule has 0 amide bonds. The third kappa shape index (κ3) is 4.65. The number of aromatic nitrogens is 2. The fourth-order valence-corrected chi connectivity index (χ4v) is 4.29. The van der Waals surface area contributed by atoms with Crippen LogP contribution in [-0.4, -0.2) is 15.6 Å². The Labute approximate surface area is 208 Å². The molecule has 0 atom stereocenters. The molecule has 3 aromatic rings. The van der Waals surface area contributed by atoms with Crippen LogP contribution in [0.1, 0.15) is 19.4 Å². The van der Waals surface area contributed by atoms with Crippen molar-refractivity contribution in [1.82, 2.24) is 9.55 Å². The lowest BCUT2D eigenvalue weighted by Gasteiger charge is -2.20. The average molecular weight is 487 g/mol. The second kappa shape index (κ2) is 9.49. The molecule has 5 rings (SSSR count). The van der Waals surface area contributed by atoms with E-state index in [1.54, 1.807) is 0 Å². The second-order valence-electron chi connectivity index (χ2n) is 8.47. The molecule has 1 aliphatic carbocycles. The molecule has 0 radical (unpaired) electrons. The lowest BCUT2D eigenvalue weighted by atomic mass is 10.1. The summed E-state index contributed by atoms with van der Waals surface area (Å²) in [4.78, 5) is 9.90. The van der Waals surface area contributed by atoms with E-state index in [-0.39, 0.29) is 6.04 Å². The van der Waals surface area contributed by atoms with E-state index in [1.165, 1.54) is 0 Å². The molecule has 0 spiro atoms. The Hall–Kier alpha value is -3.34. The number of para-hydroxylation sites is 2. The van der Waals surface area contributed by atoms with E-state index < -0.39 is 0 Å². The normalized spacial score (nSPS) is 12.1. The van der Waals surface area contributed by atoms with E-state index in [0.29, 0.717) is 11.6 Å². The molecule has 0 fully saturated rings. The first-order valence-electron chi connectivity index (χ1n) is 11.2. The molecule has 3 aromatic carbocycles. The molecule has 1 N–H and O–H groups in total. The first-order valence-corrected chi connectivity index (χ1v) is 12.0. The maximum absolute atomic E-state index is 6.18. The van der Waals surface area contributed by atoms with Gasteiger partial charge in [0, 0.05) is 28.3 Å².